The number of benzene rings is 2. The summed E-state index contributed by atoms with van der Waals surface area (Å²) in [6.45, 7) is 2.31. The quantitative estimate of drug-likeness (QED) is 0.368. The largest absolute Gasteiger partial charge is 0.385 e. The van der Waals surface area contributed by atoms with Crippen molar-refractivity contribution in [3.05, 3.63) is 66.6 Å². The monoisotopic (exact) mass is 462 g/mol. The number of para-hydroxylation sites is 1. The van der Waals surface area contributed by atoms with Crippen molar-refractivity contribution in [3.63, 3.8) is 0 Å². The minimum Gasteiger partial charge on any atom is -0.385 e. The number of aliphatic hydroxyl groups excluding tert-OH is 1. The van der Waals surface area contributed by atoms with Crippen LogP contribution in [-0.4, -0.2) is 42.8 Å². The van der Waals surface area contributed by atoms with E-state index in [0.717, 1.165) is 16.2 Å². The van der Waals surface area contributed by atoms with Gasteiger partial charge in [0.2, 0.25) is 10.0 Å². The van der Waals surface area contributed by atoms with E-state index in [-0.39, 0.29) is 29.9 Å². The summed E-state index contributed by atoms with van der Waals surface area (Å²) in [4.78, 5) is 4.23. The zero-order valence-electron chi connectivity index (χ0n) is 16.7. The smallest absolute Gasteiger partial charge is 0.240 e. The maximum absolute atomic E-state index is 12.7. The van der Waals surface area contributed by atoms with Crippen molar-refractivity contribution >= 4 is 44.2 Å². The lowest BCUT2D eigenvalue weighted by Gasteiger charge is -2.16. The third-order valence-corrected chi connectivity index (χ3v) is 6.38. The molecule has 3 N–H and O–H groups in total. The van der Waals surface area contributed by atoms with Gasteiger partial charge in [-0.05, 0) is 42.6 Å². The lowest BCUT2D eigenvalue weighted by atomic mass is 10.1. The van der Waals surface area contributed by atoms with Crippen molar-refractivity contribution in [1.82, 2.24) is 20.2 Å². The Hall–Kier alpha value is -2.56. The summed E-state index contributed by atoms with van der Waals surface area (Å²) in [5.74, 6) is 0. The number of hydrogen-bond acceptors (Lipinski definition) is 7. The molecule has 0 aliphatic heterocycles. The second-order valence-electron chi connectivity index (χ2n) is 7.14. The van der Waals surface area contributed by atoms with Gasteiger partial charge in [0, 0.05) is 42.3 Å². The number of aliphatic hydroxyl groups is 1. The van der Waals surface area contributed by atoms with Crippen LogP contribution in [-0.2, 0) is 10.0 Å². The fourth-order valence-electron chi connectivity index (χ4n) is 3.28. The molecule has 2 heterocycles. The van der Waals surface area contributed by atoms with Crippen LogP contribution in [0.5, 0.6) is 0 Å². The summed E-state index contributed by atoms with van der Waals surface area (Å²) in [5.41, 5.74) is 1.07. The van der Waals surface area contributed by atoms with Gasteiger partial charge in [-0.15, -0.1) is 12.4 Å². The zero-order chi connectivity index (χ0) is 21.1. The van der Waals surface area contributed by atoms with Gasteiger partial charge in [-0.2, -0.15) is 0 Å². The highest BCUT2D eigenvalue weighted by molar-refractivity contribution is 7.89. The van der Waals surface area contributed by atoms with Crippen LogP contribution in [0.3, 0.4) is 0 Å². The summed E-state index contributed by atoms with van der Waals surface area (Å²) in [5, 5.41) is 19.9. The van der Waals surface area contributed by atoms with Gasteiger partial charge in [-0.1, -0.05) is 23.4 Å². The number of halogens is 1. The van der Waals surface area contributed by atoms with E-state index in [2.05, 4.69) is 20.2 Å². The molecule has 0 saturated carbocycles. The average molecular weight is 463 g/mol. The molecule has 0 fully saturated rings. The summed E-state index contributed by atoms with van der Waals surface area (Å²) < 4.78 is 33.2. The molecule has 31 heavy (non-hydrogen) atoms. The highest BCUT2D eigenvalue weighted by Crippen LogP contribution is 2.23. The van der Waals surface area contributed by atoms with Crippen LogP contribution in [0.1, 0.15) is 18.7 Å². The van der Waals surface area contributed by atoms with E-state index in [1.165, 1.54) is 0 Å². The standard InChI is InChI=1S/C21H22N4O4S.ClH/c1-14(11-23-13-19(26)21-18-4-2-3-5-20(18)29-24-21)25-30(27,28)17-7-6-16-12-22-9-8-15(16)10-17;/h2-10,12,14,19,23,25-26H,11,13H2,1H3;1H/t14-,19?;/m1./s1. The van der Waals surface area contributed by atoms with E-state index in [4.69, 9.17) is 4.52 Å². The third-order valence-electron chi connectivity index (χ3n) is 4.79. The number of nitrogens with one attached hydrogen (secondary N) is 2. The van der Waals surface area contributed by atoms with Crippen LogP contribution in [0, 0.1) is 0 Å². The molecule has 2 atom stereocenters. The molecule has 4 rings (SSSR count). The Labute approximate surface area is 186 Å². The van der Waals surface area contributed by atoms with E-state index in [9.17, 15) is 13.5 Å². The van der Waals surface area contributed by atoms with Gasteiger partial charge in [-0.3, -0.25) is 4.98 Å². The van der Waals surface area contributed by atoms with Crippen LogP contribution < -0.4 is 10.0 Å². The Balaban J connectivity index is 0.00000272. The van der Waals surface area contributed by atoms with Crippen molar-refractivity contribution in [2.24, 2.45) is 0 Å². The molecule has 0 bridgehead atoms. The molecule has 0 aliphatic rings. The minimum atomic E-state index is -3.67. The number of aromatic nitrogens is 2. The Morgan fingerprint density at radius 3 is 2.74 bits per heavy atom. The first kappa shape index (κ1) is 23.1. The van der Waals surface area contributed by atoms with Crippen molar-refractivity contribution < 1.29 is 18.0 Å². The maximum Gasteiger partial charge on any atom is 0.240 e. The molecule has 164 valence electrons. The molecule has 1 unspecified atom stereocenters. The Morgan fingerprint density at radius 2 is 1.90 bits per heavy atom. The number of rotatable bonds is 8. The molecule has 0 spiro atoms. The van der Waals surface area contributed by atoms with Crippen molar-refractivity contribution in [1.29, 1.82) is 0 Å². The number of fused-ring (bicyclic) bond motifs is 2. The molecule has 4 aromatic rings. The predicted octanol–water partition coefficient (Wildman–Crippen LogP) is 2.79. The van der Waals surface area contributed by atoms with Crippen molar-refractivity contribution in [2.75, 3.05) is 13.1 Å². The van der Waals surface area contributed by atoms with Crippen LogP contribution in [0.2, 0.25) is 0 Å². The third kappa shape index (κ3) is 5.20. The first-order chi connectivity index (χ1) is 14.4. The van der Waals surface area contributed by atoms with E-state index in [1.807, 2.05) is 18.2 Å². The Kier molecular flexibility index (Phi) is 7.24. The van der Waals surface area contributed by atoms with E-state index < -0.39 is 16.1 Å². The molecule has 8 nitrogen and oxygen atoms in total. The Bertz CT molecular complexity index is 1280. The lowest BCUT2D eigenvalue weighted by Crippen LogP contribution is -2.40. The van der Waals surface area contributed by atoms with Gasteiger partial charge in [0.1, 0.15) is 11.8 Å². The second kappa shape index (κ2) is 9.71. The second-order valence-corrected chi connectivity index (χ2v) is 8.86. The van der Waals surface area contributed by atoms with Crippen molar-refractivity contribution in [3.8, 4) is 0 Å². The SMILES string of the molecule is C[C@H](CNCC(O)c1noc2ccccc12)NS(=O)(=O)c1ccc2cnccc2c1.Cl. The number of hydrogen-bond donors (Lipinski definition) is 3. The molecule has 0 radical (unpaired) electrons. The van der Waals surface area contributed by atoms with Crippen LogP contribution in [0.4, 0.5) is 0 Å². The number of pyridine rings is 1. The Morgan fingerprint density at radius 1 is 1.10 bits per heavy atom. The van der Waals surface area contributed by atoms with E-state index in [0.29, 0.717) is 17.8 Å². The highest BCUT2D eigenvalue weighted by Gasteiger charge is 2.19. The molecule has 0 saturated heterocycles. The maximum atomic E-state index is 12.7. The van der Waals surface area contributed by atoms with Gasteiger partial charge >= 0.3 is 0 Å². The van der Waals surface area contributed by atoms with E-state index >= 15 is 0 Å². The predicted molar refractivity (Wildman–Crippen MR) is 121 cm³/mol. The summed E-state index contributed by atoms with van der Waals surface area (Å²) in [7, 11) is -3.67. The summed E-state index contributed by atoms with van der Waals surface area (Å²) >= 11 is 0. The van der Waals surface area contributed by atoms with Crippen LogP contribution in [0.15, 0.2) is 70.3 Å². The van der Waals surface area contributed by atoms with E-state index in [1.54, 1.807) is 49.6 Å². The normalized spacial score (nSPS) is 13.7. The first-order valence-corrected chi connectivity index (χ1v) is 11.0. The molecule has 2 aromatic heterocycles. The molecular weight excluding hydrogens is 440 g/mol. The summed E-state index contributed by atoms with van der Waals surface area (Å²) in [6, 6.07) is 13.6. The molecule has 0 amide bonds. The summed E-state index contributed by atoms with van der Waals surface area (Å²) in [6.07, 6.45) is 2.45. The molecular formula is C21H23ClN4O4S. The topological polar surface area (TPSA) is 117 Å². The minimum absolute atomic E-state index is 0. The lowest BCUT2D eigenvalue weighted by molar-refractivity contribution is 0.165. The fourth-order valence-corrected chi connectivity index (χ4v) is 4.56. The van der Waals surface area contributed by atoms with Gasteiger partial charge < -0.3 is 14.9 Å². The van der Waals surface area contributed by atoms with Crippen LogP contribution in [0.25, 0.3) is 21.7 Å². The molecule has 2 aromatic carbocycles. The fraction of sp³-hybridized carbons (Fsp3) is 0.238. The highest BCUT2D eigenvalue weighted by atomic mass is 35.5. The van der Waals surface area contributed by atoms with Crippen molar-refractivity contribution in [2.45, 2.75) is 24.0 Å². The number of sulfonamides is 1. The van der Waals surface area contributed by atoms with Gasteiger partial charge in [0.05, 0.1) is 4.90 Å². The number of nitrogens with zero attached hydrogens (tertiary/aromatic N) is 2. The van der Waals surface area contributed by atoms with Crippen LogP contribution >= 0.6 is 12.4 Å². The average Bonchev–Trinajstić information content (AvgIpc) is 3.17. The van der Waals surface area contributed by atoms with Gasteiger partial charge in [-0.25, -0.2) is 13.1 Å². The molecule has 10 heteroatoms. The van der Waals surface area contributed by atoms with Gasteiger partial charge in [0.15, 0.2) is 5.58 Å². The van der Waals surface area contributed by atoms with Gasteiger partial charge in [0.25, 0.3) is 0 Å². The zero-order valence-corrected chi connectivity index (χ0v) is 18.4. The molecule has 0 aliphatic carbocycles. The first-order valence-electron chi connectivity index (χ1n) is 9.53.